The molecule has 1 rings (SSSR count). The third kappa shape index (κ3) is 2.71. The molecular formula is C7H14N2OS. The predicted molar refractivity (Wildman–Crippen MR) is 47.5 cm³/mol. The van der Waals surface area contributed by atoms with Crippen LogP contribution in [0, 0.1) is 0 Å². The Kier molecular flexibility index (Phi) is 3.20. The SMILES string of the molecule is C[C@H](NC1CCSC1)C(N)=O. The maximum Gasteiger partial charge on any atom is 0.234 e. The number of thioether (sulfide) groups is 1. The Morgan fingerprint density at radius 3 is 3.00 bits per heavy atom. The molecule has 0 bridgehead atoms. The third-order valence-electron chi connectivity index (χ3n) is 1.84. The van der Waals surface area contributed by atoms with E-state index >= 15 is 0 Å². The van der Waals surface area contributed by atoms with Crippen LogP contribution in [0.1, 0.15) is 13.3 Å². The van der Waals surface area contributed by atoms with Crippen LogP contribution in [0.2, 0.25) is 0 Å². The largest absolute Gasteiger partial charge is 0.368 e. The molecule has 0 aromatic carbocycles. The standard InChI is InChI=1S/C7H14N2OS/c1-5(7(8)10)9-6-2-3-11-4-6/h5-6,9H,2-4H2,1H3,(H2,8,10)/t5-,6?/m0/s1. The summed E-state index contributed by atoms with van der Waals surface area (Å²) in [6.45, 7) is 1.81. The normalized spacial score (nSPS) is 26.8. The molecule has 3 nitrogen and oxygen atoms in total. The van der Waals surface area contributed by atoms with Crippen molar-refractivity contribution in [2.45, 2.75) is 25.4 Å². The summed E-state index contributed by atoms with van der Waals surface area (Å²) in [6, 6.07) is 0.307. The van der Waals surface area contributed by atoms with Gasteiger partial charge in [-0.2, -0.15) is 11.8 Å². The van der Waals surface area contributed by atoms with Gasteiger partial charge in [0.25, 0.3) is 0 Å². The molecule has 0 aliphatic carbocycles. The molecule has 1 heterocycles. The molecule has 0 aromatic rings. The molecule has 1 amide bonds. The molecule has 64 valence electrons. The lowest BCUT2D eigenvalue weighted by molar-refractivity contribution is -0.119. The van der Waals surface area contributed by atoms with Crippen LogP contribution >= 0.6 is 11.8 Å². The van der Waals surface area contributed by atoms with Gasteiger partial charge >= 0.3 is 0 Å². The Labute approximate surface area is 71.1 Å². The van der Waals surface area contributed by atoms with Crippen molar-refractivity contribution in [3.05, 3.63) is 0 Å². The number of amides is 1. The zero-order valence-electron chi connectivity index (χ0n) is 6.67. The Bertz CT molecular complexity index is 145. The molecule has 1 aliphatic rings. The van der Waals surface area contributed by atoms with E-state index in [1.54, 1.807) is 0 Å². The van der Waals surface area contributed by atoms with E-state index in [-0.39, 0.29) is 11.9 Å². The fourth-order valence-corrected chi connectivity index (χ4v) is 2.27. The second kappa shape index (κ2) is 3.97. The van der Waals surface area contributed by atoms with E-state index < -0.39 is 0 Å². The van der Waals surface area contributed by atoms with Gasteiger partial charge in [-0.1, -0.05) is 0 Å². The van der Waals surface area contributed by atoms with Gasteiger partial charge in [-0.25, -0.2) is 0 Å². The van der Waals surface area contributed by atoms with E-state index in [1.165, 1.54) is 5.75 Å². The molecule has 1 saturated heterocycles. The second-order valence-electron chi connectivity index (χ2n) is 2.85. The summed E-state index contributed by atoms with van der Waals surface area (Å²) in [4.78, 5) is 10.6. The van der Waals surface area contributed by atoms with Crippen molar-refractivity contribution in [1.82, 2.24) is 5.32 Å². The molecule has 0 radical (unpaired) electrons. The van der Waals surface area contributed by atoms with Crippen LogP contribution in [0.5, 0.6) is 0 Å². The molecule has 1 unspecified atom stereocenters. The zero-order valence-corrected chi connectivity index (χ0v) is 7.49. The molecule has 4 heteroatoms. The van der Waals surface area contributed by atoms with Gasteiger partial charge in [0.15, 0.2) is 0 Å². The number of carbonyl (C=O) groups is 1. The molecule has 0 aromatic heterocycles. The van der Waals surface area contributed by atoms with Crippen LogP contribution < -0.4 is 11.1 Å². The minimum Gasteiger partial charge on any atom is -0.368 e. The predicted octanol–water partition coefficient (Wildman–Crippen LogP) is -0.0447. The van der Waals surface area contributed by atoms with Gasteiger partial charge in [-0.05, 0) is 19.1 Å². The lowest BCUT2D eigenvalue weighted by Crippen LogP contribution is -2.44. The first-order chi connectivity index (χ1) is 5.20. The number of primary amides is 1. The van der Waals surface area contributed by atoms with Gasteiger partial charge in [0.1, 0.15) is 0 Å². The fourth-order valence-electron chi connectivity index (χ4n) is 1.10. The molecule has 0 saturated carbocycles. The number of hydrogen-bond acceptors (Lipinski definition) is 3. The molecule has 3 N–H and O–H groups in total. The number of hydrogen-bond donors (Lipinski definition) is 2. The zero-order chi connectivity index (χ0) is 8.27. The highest BCUT2D eigenvalue weighted by Crippen LogP contribution is 2.17. The smallest absolute Gasteiger partial charge is 0.234 e. The Balaban J connectivity index is 2.23. The first-order valence-electron chi connectivity index (χ1n) is 3.83. The third-order valence-corrected chi connectivity index (χ3v) is 3.00. The van der Waals surface area contributed by atoms with Crippen LogP contribution in [0.3, 0.4) is 0 Å². The van der Waals surface area contributed by atoms with Crippen LogP contribution in [-0.2, 0) is 4.79 Å². The molecule has 1 fully saturated rings. The first-order valence-corrected chi connectivity index (χ1v) is 4.98. The fraction of sp³-hybridized carbons (Fsp3) is 0.857. The first kappa shape index (κ1) is 8.87. The monoisotopic (exact) mass is 174 g/mol. The molecule has 11 heavy (non-hydrogen) atoms. The minimum atomic E-state index is -0.262. The average molecular weight is 174 g/mol. The van der Waals surface area contributed by atoms with Crippen molar-refractivity contribution >= 4 is 17.7 Å². The number of nitrogens with one attached hydrogen (secondary N) is 1. The van der Waals surface area contributed by atoms with Crippen molar-refractivity contribution in [3.63, 3.8) is 0 Å². The molecule has 0 spiro atoms. The van der Waals surface area contributed by atoms with Gasteiger partial charge in [0.2, 0.25) is 5.91 Å². The van der Waals surface area contributed by atoms with Crippen LogP contribution in [0.4, 0.5) is 0 Å². The van der Waals surface area contributed by atoms with E-state index in [0.29, 0.717) is 6.04 Å². The average Bonchev–Trinajstić information content (AvgIpc) is 2.39. The highest BCUT2D eigenvalue weighted by molar-refractivity contribution is 7.99. The quantitative estimate of drug-likeness (QED) is 0.631. The van der Waals surface area contributed by atoms with Gasteiger partial charge < -0.3 is 11.1 Å². The summed E-state index contributed by atoms with van der Waals surface area (Å²) in [5, 5.41) is 3.18. The van der Waals surface area contributed by atoms with Crippen molar-refractivity contribution in [2.24, 2.45) is 5.73 Å². The van der Waals surface area contributed by atoms with Crippen molar-refractivity contribution in [1.29, 1.82) is 0 Å². The van der Waals surface area contributed by atoms with E-state index in [0.717, 1.165) is 12.2 Å². The maximum absolute atomic E-state index is 10.6. The molecular weight excluding hydrogens is 160 g/mol. The van der Waals surface area contributed by atoms with Crippen molar-refractivity contribution in [3.8, 4) is 0 Å². The Morgan fingerprint density at radius 2 is 2.55 bits per heavy atom. The number of rotatable bonds is 3. The van der Waals surface area contributed by atoms with E-state index in [4.69, 9.17) is 5.73 Å². The van der Waals surface area contributed by atoms with Crippen LogP contribution in [-0.4, -0.2) is 29.5 Å². The van der Waals surface area contributed by atoms with Crippen molar-refractivity contribution in [2.75, 3.05) is 11.5 Å². The Hall–Kier alpha value is -0.220. The summed E-state index contributed by atoms with van der Waals surface area (Å²) >= 11 is 1.92. The van der Waals surface area contributed by atoms with Gasteiger partial charge in [0.05, 0.1) is 6.04 Å². The Morgan fingerprint density at radius 1 is 1.82 bits per heavy atom. The summed E-state index contributed by atoms with van der Waals surface area (Å²) in [6.07, 6.45) is 1.16. The molecule has 1 aliphatic heterocycles. The second-order valence-corrected chi connectivity index (χ2v) is 4.00. The van der Waals surface area contributed by atoms with E-state index in [9.17, 15) is 4.79 Å². The van der Waals surface area contributed by atoms with Gasteiger partial charge in [-0.3, -0.25) is 4.79 Å². The lowest BCUT2D eigenvalue weighted by Gasteiger charge is -2.15. The molecule has 2 atom stereocenters. The highest BCUT2D eigenvalue weighted by Gasteiger charge is 2.19. The van der Waals surface area contributed by atoms with Crippen LogP contribution in [0.25, 0.3) is 0 Å². The maximum atomic E-state index is 10.6. The van der Waals surface area contributed by atoms with Crippen LogP contribution in [0.15, 0.2) is 0 Å². The van der Waals surface area contributed by atoms with Crippen molar-refractivity contribution < 1.29 is 4.79 Å². The van der Waals surface area contributed by atoms with E-state index in [1.807, 2.05) is 18.7 Å². The highest BCUT2D eigenvalue weighted by atomic mass is 32.2. The lowest BCUT2D eigenvalue weighted by atomic mass is 10.2. The topological polar surface area (TPSA) is 55.1 Å². The minimum absolute atomic E-state index is 0.182. The summed E-state index contributed by atoms with van der Waals surface area (Å²) in [5.74, 6) is 2.04. The summed E-state index contributed by atoms with van der Waals surface area (Å²) in [7, 11) is 0. The number of nitrogens with two attached hydrogens (primary N) is 1. The summed E-state index contributed by atoms with van der Waals surface area (Å²) < 4.78 is 0. The van der Waals surface area contributed by atoms with Gasteiger partial charge in [0, 0.05) is 11.8 Å². The number of carbonyl (C=O) groups excluding carboxylic acids is 1. The van der Waals surface area contributed by atoms with E-state index in [2.05, 4.69) is 5.32 Å². The summed E-state index contributed by atoms with van der Waals surface area (Å²) in [5.41, 5.74) is 5.11. The van der Waals surface area contributed by atoms with Gasteiger partial charge in [-0.15, -0.1) is 0 Å².